The van der Waals surface area contributed by atoms with Crippen LogP contribution in [-0.4, -0.2) is 13.4 Å². The molecule has 0 saturated carbocycles. The van der Waals surface area contributed by atoms with Crippen LogP contribution in [0.4, 0.5) is 14.5 Å². The van der Waals surface area contributed by atoms with E-state index in [1.54, 1.807) is 18.2 Å². The number of sulfonamides is 1. The first kappa shape index (κ1) is 15.9. The topological polar surface area (TPSA) is 59.1 Å². The number of anilines is 1. The third-order valence-electron chi connectivity index (χ3n) is 3.33. The molecule has 0 amide bonds. The number of aromatic nitrogens is 1. The lowest BCUT2D eigenvalue weighted by Gasteiger charge is -2.11. The molecular formula is C17H10F2N2O2S. The molecule has 0 radical (unpaired) electrons. The smallest absolute Gasteiger partial charge is 0.264 e. The standard InChI is InChI=1S/C17H10F2N2O2S/c1-2-11-9-13(18)17(14(19)10-11)21-24(22,23)15-7-3-5-12-6-4-8-20-16(12)15/h1,3-10,21H. The van der Waals surface area contributed by atoms with Gasteiger partial charge in [-0.25, -0.2) is 17.2 Å². The zero-order valence-corrected chi connectivity index (χ0v) is 12.9. The molecule has 0 bridgehead atoms. The minimum Gasteiger partial charge on any atom is -0.274 e. The van der Waals surface area contributed by atoms with Crippen LogP contribution in [0.5, 0.6) is 0 Å². The van der Waals surface area contributed by atoms with Gasteiger partial charge < -0.3 is 0 Å². The van der Waals surface area contributed by atoms with Gasteiger partial charge in [-0.05, 0) is 24.3 Å². The molecule has 24 heavy (non-hydrogen) atoms. The van der Waals surface area contributed by atoms with E-state index in [0.717, 1.165) is 12.1 Å². The SMILES string of the molecule is C#Cc1cc(F)c(NS(=O)(=O)c2cccc3cccnc23)c(F)c1. The second-order valence-electron chi connectivity index (χ2n) is 4.90. The zero-order valence-electron chi connectivity index (χ0n) is 12.1. The fourth-order valence-electron chi connectivity index (χ4n) is 2.24. The van der Waals surface area contributed by atoms with Gasteiger partial charge in [0.05, 0.1) is 5.52 Å². The Balaban J connectivity index is 2.11. The molecule has 4 nitrogen and oxygen atoms in total. The van der Waals surface area contributed by atoms with Crippen LogP contribution in [0.1, 0.15) is 5.56 Å². The van der Waals surface area contributed by atoms with Gasteiger partial charge in [-0.15, -0.1) is 6.42 Å². The number of pyridine rings is 1. The second kappa shape index (κ2) is 5.91. The Morgan fingerprint density at radius 3 is 2.42 bits per heavy atom. The van der Waals surface area contributed by atoms with E-state index in [0.29, 0.717) is 5.39 Å². The maximum atomic E-state index is 14.0. The minimum absolute atomic E-state index is 0.0280. The lowest BCUT2D eigenvalue weighted by atomic mass is 10.2. The molecule has 1 aromatic heterocycles. The number of fused-ring (bicyclic) bond motifs is 1. The van der Waals surface area contributed by atoms with Crippen LogP contribution in [0.15, 0.2) is 53.6 Å². The first-order valence-corrected chi connectivity index (χ1v) is 8.23. The molecule has 7 heteroatoms. The van der Waals surface area contributed by atoms with E-state index >= 15 is 0 Å². The molecule has 3 rings (SSSR count). The van der Waals surface area contributed by atoms with E-state index in [-0.39, 0.29) is 16.0 Å². The van der Waals surface area contributed by atoms with Crippen LogP contribution < -0.4 is 4.72 Å². The van der Waals surface area contributed by atoms with Crippen molar-refractivity contribution in [2.45, 2.75) is 4.90 Å². The lowest BCUT2D eigenvalue weighted by molar-refractivity contribution is 0.582. The molecule has 120 valence electrons. The molecule has 0 spiro atoms. The Kier molecular flexibility index (Phi) is 3.91. The average Bonchev–Trinajstić information content (AvgIpc) is 2.57. The third kappa shape index (κ3) is 2.79. The summed E-state index contributed by atoms with van der Waals surface area (Å²) in [7, 11) is -4.25. The van der Waals surface area contributed by atoms with Crippen LogP contribution in [0.3, 0.4) is 0 Å². The van der Waals surface area contributed by atoms with Gasteiger partial charge in [0.2, 0.25) is 0 Å². The van der Waals surface area contributed by atoms with Crippen molar-refractivity contribution in [3.05, 3.63) is 65.9 Å². The van der Waals surface area contributed by atoms with E-state index in [4.69, 9.17) is 6.42 Å². The van der Waals surface area contributed by atoms with Crippen LogP contribution in [0.2, 0.25) is 0 Å². The van der Waals surface area contributed by atoms with Crippen LogP contribution in [-0.2, 0) is 10.0 Å². The number of halogens is 2. The summed E-state index contributed by atoms with van der Waals surface area (Å²) in [4.78, 5) is 3.85. The first-order valence-electron chi connectivity index (χ1n) is 6.74. The van der Waals surface area contributed by atoms with Crippen molar-refractivity contribution < 1.29 is 17.2 Å². The highest BCUT2D eigenvalue weighted by molar-refractivity contribution is 7.93. The summed E-state index contributed by atoms with van der Waals surface area (Å²) in [6.07, 6.45) is 6.52. The predicted molar refractivity (Wildman–Crippen MR) is 86.8 cm³/mol. The van der Waals surface area contributed by atoms with Crippen molar-refractivity contribution in [2.24, 2.45) is 0 Å². The van der Waals surface area contributed by atoms with Gasteiger partial charge in [-0.3, -0.25) is 9.71 Å². The van der Waals surface area contributed by atoms with Crippen LogP contribution in [0, 0.1) is 24.0 Å². The van der Waals surface area contributed by atoms with Gasteiger partial charge in [0, 0.05) is 17.1 Å². The number of hydrogen-bond acceptors (Lipinski definition) is 3. The first-order chi connectivity index (χ1) is 11.4. The van der Waals surface area contributed by atoms with Crippen LogP contribution >= 0.6 is 0 Å². The molecule has 0 atom stereocenters. The largest absolute Gasteiger partial charge is 0.274 e. The van der Waals surface area contributed by atoms with Gasteiger partial charge in [-0.2, -0.15) is 0 Å². The number of terminal acetylenes is 1. The molecule has 2 aromatic carbocycles. The molecule has 0 fully saturated rings. The van der Waals surface area contributed by atoms with Crippen molar-refractivity contribution in [1.82, 2.24) is 4.98 Å². The summed E-state index contributed by atoms with van der Waals surface area (Å²) in [5.41, 5.74) is -0.615. The molecule has 1 N–H and O–H groups in total. The number of nitrogens with one attached hydrogen (secondary N) is 1. The normalized spacial score (nSPS) is 11.2. The summed E-state index contributed by atoms with van der Waals surface area (Å²) < 4.78 is 55.0. The summed E-state index contributed by atoms with van der Waals surface area (Å²) in [6, 6.07) is 9.61. The van der Waals surface area contributed by atoms with E-state index in [1.165, 1.54) is 18.3 Å². The highest BCUT2D eigenvalue weighted by Gasteiger charge is 2.22. The number of para-hydroxylation sites is 1. The van der Waals surface area contributed by atoms with Crippen molar-refractivity contribution >= 4 is 26.6 Å². The molecule has 0 unspecified atom stereocenters. The summed E-state index contributed by atoms with van der Waals surface area (Å²) in [5.74, 6) is -0.108. The van der Waals surface area contributed by atoms with Crippen LogP contribution in [0.25, 0.3) is 10.9 Å². The Morgan fingerprint density at radius 1 is 1.08 bits per heavy atom. The summed E-state index contributed by atoms with van der Waals surface area (Å²) >= 11 is 0. The van der Waals surface area contributed by atoms with Crippen molar-refractivity contribution in [2.75, 3.05) is 4.72 Å². The van der Waals surface area contributed by atoms with Crippen molar-refractivity contribution in [3.63, 3.8) is 0 Å². The number of hydrogen-bond donors (Lipinski definition) is 1. The molecule has 0 saturated heterocycles. The van der Waals surface area contributed by atoms with Gasteiger partial charge in [-0.1, -0.05) is 24.1 Å². The number of rotatable bonds is 3. The fraction of sp³-hybridized carbons (Fsp3) is 0. The maximum Gasteiger partial charge on any atom is 0.264 e. The lowest BCUT2D eigenvalue weighted by Crippen LogP contribution is -2.16. The van der Waals surface area contributed by atoms with E-state index < -0.39 is 27.3 Å². The zero-order chi connectivity index (χ0) is 17.3. The second-order valence-corrected chi connectivity index (χ2v) is 6.55. The molecule has 0 aliphatic carbocycles. The molecule has 1 heterocycles. The monoisotopic (exact) mass is 344 g/mol. The number of nitrogens with zero attached hydrogens (tertiary/aromatic N) is 1. The average molecular weight is 344 g/mol. The van der Waals surface area contributed by atoms with Gasteiger partial charge >= 0.3 is 0 Å². The number of benzene rings is 2. The Morgan fingerprint density at radius 2 is 1.75 bits per heavy atom. The van der Waals surface area contributed by atoms with Crippen molar-refractivity contribution in [1.29, 1.82) is 0 Å². The Labute approximate surface area is 137 Å². The molecule has 3 aromatic rings. The third-order valence-corrected chi connectivity index (χ3v) is 4.71. The molecule has 0 aliphatic rings. The maximum absolute atomic E-state index is 14.0. The molecule has 0 aliphatic heterocycles. The van der Waals surface area contributed by atoms with Gasteiger partial charge in [0.15, 0.2) is 11.6 Å². The highest BCUT2D eigenvalue weighted by Crippen LogP contribution is 2.26. The predicted octanol–water partition coefficient (Wildman–Crippen LogP) is 3.30. The quantitative estimate of drug-likeness (QED) is 0.742. The molecular weight excluding hydrogens is 334 g/mol. The Bertz CT molecular complexity index is 1060. The van der Waals surface area contributed by atoms with Gasteiger partial charge in [0.1, 0.15) is 10.6 Å². The van der Waals surface area contributed by atoms with E-state index in [2.05, 4.69) is 10.9 Å². The van der Waals surface area contributed by atoms with E-state index in [1.807, 2.05) is 4.72 Å². The highest BCUT2D eigenvalue weighted by atomic mass is 32.2. The van der Waals surface area contributed by atoms with E-state index in [9.17, 15) is 17.2 Å². The van der Waals surface area contributed by atoms with Crippen molar-refractivity contribution in [3.8, 4) is 12.3 Å². The fourth-order valence-corrected chi connectivity index (χ4v) is 3.49. The summed E-state index contributed by atoms with van der Waals surface area (Å²) in [5, 5.41) is 0.587. The summed E-state index contributed by atoms with van der Waals surface area (Å²) in [6.45, 7) is 0. The van der Waals surface area contributed by atoms with Gasteiger partial charge in [0.25, 0.3) is 10.0 Å². The Hall–Kier alpha value is -2.98. The minimum atomic E-state index is -4.25.